The summed E-state index contributed by atoms with van der Waals surface area (Å²) in [5.74, 6) is -0.0970. The minimum absolute atomic E-state index is 0.0370. The molecule has 100 valence electrons. The highest BCUT2D eigenvalue weighted by Gasteiger charge is 2.27. The molecule has 1 aliphatic carbocycles. The van der Waals surface area contributed by atoms with Crippen LogP contribution in [-0.4, -0.2) is 14.5 Å². The van der Waals surface area contributed by atoms with Crippen molar-refractivity contribution < 1.29 is 12.8 Å². The van der Waals surface area contributed by atoms with Crippen LogP contribution in [0.15, 0.2) is 23.1 Å². The lowest BCUT2D eigenvalue weighted by Crippen LogP contribution is -2.33. The lowest BCUT2D eigenvalue weighted by molar-refractivity contribution is 0.537. The van der Waals surface area contributed by atoms with E-state index in [1.165, 1.54) is 6.07 Å². The smallest absolute Gasteiger partial charge is 0.208 e. The van der Waals surface area contributed by atoms with Crippen molar-refractivity contribution in [3.05, 3.63) is 29.0 Å². The quantitative estimate of drug-likeness (QED) is 0.931. The van der Waals surface area contributed by atoms with Gasteiger partial charge in [-0.1, -0.05) is 18.5 Å². The van der Waals surface area contributed by atoms with Gasteiger partial charge in [0, 0.05) is 6.04 Å². The topological polar surface area (TPSA) is 46.2 Å². The van der Waals surface area contributed by atoms with Crippen LogP contribution in [0, 0.1) is 11.7 Å². The molecule has 1 saturated carbocycles. The number of rotatable bonds is 3. The van der Waals surface area contributed by atoms with Crippen LogP contribution < -0.4 is 4.72 Å². The number of sulfonamides is 1. The van der Waals surface area contributed by atoms with Crippen LogP contribution in [0.3, 0.4) is 0 Å². The van der Waals surface area contributed by atoms with Crippen molar-refractivity contribution in [2.24, 2.45) is 5.92 Å². The molecule has 2 unspecified atom stereocenters. The van der Waals surface area contributed by atoms with Gasteiger partial charge in [-0.2, -0.15) is 0 Å². The van der Waals surface area contributed by atoms with Gasteiger partial charge in [-0.15, -0.1) is 0 Å². The largest absolute Gasteiger partial charge is 0.242 e. The van der Waals surface area contributed by atoms with Gasteiger partial charge < -0.3 is 0 Å². The SMILES string of the molecule is CC1CCC(NS(=O)(=O)c2cc(F)ccc2Cl)C1. The zero-order valence-corrected chi connectivity index (χ0v) is 11.6. The van der Waals surface area contributed by atoms with Gasteiger partial charge in [0.25, 0.3) is 0 Å². The second-order valence-electron chi connectivity index (χ2n) is 4.81. The highest BCUT2D eigenvalue weighted by atomic mass is 35.5. The number of halogens is 2. The van der Waals surface area contributed by atoms with Crippen LogP contribution in [0.2, 0.25) is 5.02 Å². The summed E-state index contributed by atoms with van der Waals surface area (Å²) in [4.78, 5) is -0.191. The molecule has 0 spiro atoms. The van der Waals surface area contributed by atoms with Crippen LogP contribution in [-0.2, 0) is 10.0 Å². The van der Waals surface area contributed by atoms with Crippen molar-refractivity contribution in [2.75, 3.05) is 0 Å². The van der Waals surface area contributed by atoms with Gasteiger partial charge >= 0.3 is 0 Å². The maximum Gasteiger partial charge on any atom is 0.242 e. The summed E-state index contributed by atoms with van der Waals surface area (Å²) in [6.07, 6.45) is 2.63. The molecular formula is C12H15ClFNO2S. The minimum atomic E-state index is -3.74. The zero-order valence-electron chi connectivity index (χ0n) is 9.99. The van der Waals surface area contributed by atoms with Crippen molar-refractivity contribution in [1.82, 2.24) is 4.72 Å². The molecule has 2 rings (SSSR count). The van der Waals surface area contributed by atoms with Gasteiger partial charge in [-0.3, -0.25) is 0 Å². The summed E-state index contributed by atoms with van der Waals surface area (Å²) in [7, 11) is -3.74. The van der Waals surface area contributed by atoms with E-state index in [0.717, 1.165) is 31.4 Å². The number of nitrogens with one attached hydrogen (secondary N) is 1. The molecule has 0 aromatic heterocycles. The Morgan fingerprint density at radius 1 is 1.39 bits per heavy atom. The van der Waals surface area contributed by atoms with Crippen LogP contribution in [0.5, 0.6) is 0 Å². The van der Waals surface area contributed by atoms with Gasteiger partial charge in [0.05, 0.1) is 5.02 Å². The molecule has 0 heterocycles. The van der Waals surface area contributed by atoms with Crippen LogP contribution in [0.4, 0.5) is 4.39 Å². The van der Waals surface area contributed by atoms with E-state index in [1.54, 1.807) is 0 Å². The molecule has 3 nitrogen and oxygen atoms in total. The number of hydrogen-bond acceptors (Lipinski definition) is 2. The third-order valence-electron chi connectivity index (χ3n) is 3.20. The first kappa shape index (κ1) is 13.8. The molecule has 1 aliphatic rings. The molecule has 1 N–H and O–H groups in total. The average molecular weight is 292 g/mol. The van der Waals surface area contributed by atoms with Crippen LogP contribution in [0.1, 0.15) is 26.2 Å². The van der Waals surface area contributed by atoms with Crippen LogP contribution in [0.25, 0.3) is 0 Å². The van der Waals surface area contributed by atoms with Gasteiger partial charge in [-0.25, -0.2) is 17.5 Å². The maximum absolute atomic E-state index is 13.1. The number of hydrogen-bond donors (Lipinski definition) is 1. The second-order valence-corrected chi connectivity index (χ2v) is 6.90. The van der Waals surface area contributed by atoms with E-state index in [1.807, 2.05) is 0 Å². The molecule has 0 amide bonds. The first-order chi connectivity index (χ1) is 8.38. The summed E-state index contributed by atoms with van der Waals surface area (Å²) < 4.78 is 39.9. The van der Waals surface area contributed by atoms with E-state index in [2.05, 4.69) is 11.6 Å². The predicted molar refractivity (Wildman–Crippen MR) is 68.5 cm³/mol. The molecular weight excluding hydrogens is 277 g/mol. The Bertz CT molecular complexity index is 547. The lowest BCUT2D eigenvalue weighted by atomic mass is 10.1. The van der Waals surface area contributed by atoms with Crippen molar-refractivity contribution >= 4 is 21.6 Å². The highest BCUT2D eigenvalue weighted by molar-refractivity contribution is 7.89. The molecule has 0 radical (unpaired) electrons. The molecule has 6 heteroatoms. The molecule has 0 aliphatic heterocycles. The Labute approximate surface area is 111 Å². The van der Waals surface area contributed by atoms with Gasteiger partial charge in [0.2, 0.25) is 10.0 Å². The molecule has 0 saturated heterocycles. The first-order valence-corrected chi connectivity index (χ1v) is 7.72. The molecule has 1 aromatic rings. The predicted octanol–water partition coefficient (Wildman–Crippen LogP) is 2.95. The standard InChI is InChI=1S/C12H15ClFNO2S/c1-8-2-4-10(6-8)15-18(16,17)12-7-9(14)3-5-11(12)13/h3,5,7-8,10,15H,2,4,6H2,1H3. The molecule has 2 atom stereocenters. The molecule has 1 fully saturated rings. The Morgan fingerprint density at radius 2 is 2.11 bits per heavy atom. The average Bonchev–Trinajstić information content (AvgIpc) is 2.66. The van der Waals surface area contributed by atoms with E-state index in [0.29, 0.717) is 5.92 Å². The third-order valence-corrected chi connectivity index (χ3v) is 5.20. The maximum atomic E-state index is 13.1. The summed E-state index contributed by atoms with van der Waals surface area (Å²) >= 11 is 5.81. The monoisotopic (exact) mass is 291 g/mol. The van der Waals surface area contributed by atoms with Gasteiger partial charge in [0.15, 0.2) is 0 Å². The van der Waals surface area contributed by atoms with E-state index in [9.17, 15) is 12.8 Å². The van der Waals surface area contributed by atoms with Gasteiger partial charge in [-0.05, 0) is 43.4 Å². The Morgan fingerprint density at radius 3 is 2.72 bits per heavy atom. The number of benzene rings is 1. The Balaban J connectivity index is 2.23. The van der Waals surface area contributed by atoms with Crippen molar-refractivity contribution in [3.8, 4) is 0 Å². The lowest BCUT2D eigenvalue weighted by Gasteiger charge is -2.13. The van der Waals surface area contributed by atoms with E-state index < -0.39 is 15.8 Å². The third kappa shape index (κ3) is 3.02. The minimum Gasteiger partial charge on any atom is -0.208 e. The summed E-state index contributed by atoms with van der Waals surface area (Å²) in [6.45, 7) is 2.09. The highest BCUT2D eigenvalue weighted by Crippen LogP contribution is 2.28. The van der Waals surface area contributed by atoms with Crippen LogP contribution >= 0.6 is 11.6 Å². The summed E-state index contributed by atoms with van der Waals surface area (Å²) in [5, 5.41) is 0.0370. The fourth-order valence-corrected chi connectivity index (χ4v) is 4.07. The van der Waals surface area contributed by atoms with E-state index in [4.69, 9.17) is 11.6 Å². The fraction of sp³-hybridized carbons (Fsp3) is 0.500. The summed E-state index contributed by atoms with van der Waals surface area (Å²) in [6, 6.07) is 3.26. The molecule has 18 heavy (non-hydrogen) atoms. The first-order valence-electron chi connectivity index (χ1n) is 5.86. The molecule has 0 bridgehead atoms. The van der Waals surface area contributed by atoms with Crippen molar-refractivity contribution in [1.29, 1.82) is 0 Å². The van der Waals surface area contributed by atoms with Crippen molar-refractivity contribution in [2.45, 2.75) is 37.1 Å². The molecule has 1 aromatic carbocycles. The van der Waals surface area contributed by atoms with E-state index >= 15 is 0 Å². The Hall–Kier alpha value is -0.650. The van der Waals surface area contributed by atoms with Gasteiger partial charge in [0.1, 0.15) is 10.7 Å². The van der Waals surface area contributed by atoms with E-state index in [-0.39, 0.29) is 16.0 Å². The fourth-order valence-electron chi connectivity index (χ4n) is 2.28. The normalized spacial score (nSPS) is 24.4. The van der Waals surface area contributed by atoms with Crippen molar-refractivity contribution in [3.63, 3.8) is 0 Å². The zero-order chi connectivity index (χ0) is 13.3. The summed E-state index contributed by atoms with van der Waals surface area (Å²) in [5.41, 5.74) is 0. The Kier molecular flexibility index (Phi) is 3.94. The second kappa shape index (κ2) is 5.15.